The zero-order chi connectivity index (χ0) is 18.1. The van der Waals surface area contributed by atoms with E-state index >= 15 is 0 Å². The molecule has 26 heavy (non-hydrogen) atoms. The van der Waals surface area contributed by atoms with E-state index in [0.29, 0.717) is 11.0 Å². The van der Waals surface area contributed by atoms with Crippen LogP contribution >= 0.6 is 12.2 Å². The predicted molar refractivity (Wildman–Crippen MR) is 107 cm³/mol. The van der Waals surface area contributed by atoms with Crippen LogP contribution in [-0.4, -0.2) is 10.1 Å². The molecule has 1 aliphatic rings. The Kier molecular flexibility index (Phi) is 4.47. The third kappa shape index (κ3) is 2.99. The Morgan fingerprint density at radius 1 is 1.08 bits per heavy atom. The molecule has 2 aromatic heterocycles. The molecule has 0 radical (unpaired) electrons. The minimum absolute atomic E-state index is 0.0698. The Morgan fingerprint density at radius 2 is 1.88 bits per heavy atom. The molecule has 0 saturated carbocycles. The van der Waals surface area contributed by atoms with Crippen molar-refractivity contribution >= 4 is 23.0 Å². The van der Waals surface area contributed by atoms with Crippen LogP contribution in [-0.2, 0) is 0 Å². The molecule has 1 fully saturated rings. The first kappa shape index (κ1) is 16.8. The van der Waals surface area contributed by atoms with E-state index in [4.69, 9.17) is 16.6 Å². The van der Waals surface area contributed by atoms with E-state index < -0.39 is 0 Å². The Bertz CT molecular complexity index is 875. The molecule has 0 amide bonds. The number of rotatable bonds is 4. The third-order valence-electron chi connectivity index (χ3n) is 4.77. The fourth-order valence-electron chi connectivity index (χ4n) is 3.40. The summed E-state index contributed by atoms with van der Waals surface area (Å²) in [6, 6.07) is 18.2. The zero-order valence-electron chi connectivity index (χ0n) is 14.8. The van der Waals surface area contributed by atoms with Crippen LogP contribution in [0.2, 0.25) is 0 Å². The molecule has 1 aromatic carbocycles. The van der Waals surface area contributed by atoms with Gasteiger partial charge < -0.3 is 14.6 Å². The number of nitrogens with zero attached hydrogens (tertiary/aromatic N) is 2. The minimum Gasteiger partial charge on any atom is -0.467 e. The number of furan rings is 1. The van der Waals surface area contributed by atoms with E-state index in [9.17, 15) is 0 Å². The molecule has 1 N–H and O–H groups in total. The molecule has 0 aliphatic carbocycles. The van der Waals surface area contributed by atoms with Crippen LogP contribution in [0.4, 0.5) is 5.69 Å². The Labute approximate surface area is 158 Å². The van der Waals surface area contributed by atoms with Crippen LogP contribution < -0.4 is 10.2 Å². The van der Waals surface area contributed by atoms with Crippen LogP contribution in [0.3, 0.4) is 0 Å². The molecule has 2 unspecified atom stereocenters. The second kappa shape index (κ2) is 6.92. The monoisotopic (exact) mass is 363 g/mol. The van der Waals surface area contributed by atoms with Gasteiger partial charge in [-0.2, -0.15) is 0 Å². The van der Waals surface area contributed by atoms with E-state index in [2.05, 4.69) is 53.3 Å². The molecule has 3 heterocycles. The van der Waals surface area contributed by atoms with Gasteiger partial charge >= 0.3 is 0 Å². The summed E-state index contributed by atoms with van der Waals surface area (Å²) >= 11 is 5.68. The fourth-order valence-corrected chi connectivity index (χ4v) is 3.75. The summed E-state index contributed by atoms with van der Waals surface area (Å²) in [6.07, 6.45) is 3.51. The van der Waals surface area contributed by atoms with Gasteiger partial charge in [0.15, 0.2) is 5.11 Å². The van der Waals surface area contributed by atoms with Crippen molar-refractivity contribution in [1.29, 1.82) is 0 Å². The average Bonchev–Trinajstić information content (AvgIpc) is 3.30. The standard InChI is InChI=1S/C21H21N3OS/c1-14(2)15-8-10-16(11-9-15)24-20(18-7-5-13-25-18)19(23-21(24)26)17-6-3-4-12-22-17/h3-14,19-20H,1-2H3,(H,23,26). The molecular weight excluding hydrogens is 342 g/mol. The summed E-state index contributed by atoms with van der Waals surface area (Å²) in [5.41, 5.74) is 3.30. The number of nitrogens with one attached hydrogen (secondary N) is 1. The summed E-state index contributed by atoms with van der Waals surface area (Å²) < 4.78 is 5.76. The van der Waals surface area contributed by atoms with Gasteiger partial charge in [0.2, 0.25) is 0 Å². The number of aromatic nitrogens is 1. The average molecular weight is 363 g/mol. The smallest absolute Gasteiger partial charge is 0.174 e. The number of thiocarbonyl (C=S) groups is 1. The van der Waals surface area contributed by atoms with Crippen molar-refractivity contribution in [3.63, 3.8) is 0 Å². The van der Waals surface area contributed by atoms with Crippen molar-refractivity contribution in [3.8, 4) is 0 Å². The van der Waals surface area contributed by atoms with E-state index in [0.717, 1.165) is 17.1 Å². The normalized spacial score (nSPS) is 19.8. The minimum atomic E-state index is -0.0858. The highest BCUT2D eigenvalue weighted by Gasteiger charge is 2.42. The molecule has 5 heteroatoms. The third-order valence-corrected chi connectivity index (χ3v) is 5.09. The highest BCUT2D eigenvalue weighted by atomic mass is 32.1. The lowest BCUT2D eigenvalue weighted by Gasteiger charge is -2.26. The van der Waals surface area contributed by atoms with Crippen LogP contribution in [0.15, 0.2) is 71.5 Å². The maximum absolute atomic E-state index is 5.76. The quantitative estimate of drug-likeness (QED) is 0.663. The molecule has 0 spiro atoms. The summed E-state index contributed by atoms with van der Waals surface area (Å²) in [5.74, 6) is 1.36. The zero-order valence-corrected chi connectivity index (χ0v) is 15.6. The molecule has 0 bridgehead atoms. The largest absolute Gasteiger partial charge is 0.467 e. The van der Waals surface area contributed by atoms with Gasteiger partial charge in [0.1, 0.15) is 11.8 Å². The lowest BCUT2D eigenvalue weighted by Crippen LogP contribution is -2.29. The van der Waals surface area contributed by atoms with Gasteiger partial charge in [-0.1, -0.05) is 32.0 Å². The molecule has 2 atom stereocenters. The summed E-state index contributed by atoms with van der Waals surface area (Å²) in [6.45, 7) is 4.39. The summed E-state index contributed by atoms with van der Waals surface area (Å²) in [5, 5.41) is 4.11. The second-order valence-corrected chi connectivity index (χ2v) is 7.14. The number of hydrogen-bond donors (Lipinski definition) is 1. The maximum atomic E-state index is 5.76. The Balaban J connectivity index is 1.76. The number of hydrogen-bond acceptors (Lipinski definition) is 3. The van der Waals surface area contributed by atoms with E-state index in [1.165, 1.54) is 5.56 Å². The molecule has 4 rings (SSSR count). The molecule has 4 nitrogen and oxygen atoms in total. The van der Waals surface area contributed by atoms with Crippen molar-refractivity contribution < 1.29 is 4.42 Å². The van der Waals surface area contributed by atoms with Gasteiger partial charge in [-0.15, -0.1) is 0 Å². The molecule has 1 saturated heterocycles. The summed E-state index contributed by atoms with van der Waals surface area (Å²) in [7, 11) is 0. The van der Waals surface area contributed by atoms with E-state index in [1.54, 1.807) is 12.5 Å². The van der Waals surface area contributed by atoms with E-state index in [1.807, 2.05) is 30.3 Å². The van der Waals surface area contributed by atoms with Crippen molar-refractivity contribution in [3.05, 3.63) is 84.1 Å². The van der Waals surface area contributed by atoms with Crippen molar-refractivity contribution in [2.24, 2.45) is 0 Å². The fraction of sp³-hybridized carbons (Fsp3) is 0.238. The van der Waals surface area contributed by atoms with Crippen molar-refractivity contribution in [2.75, 3.05) is 4.90 Å². The predicted octanol–water partition coefficient (Wildman–Crippen LogP) is 4.98. The molecule has 132 valence electrons. The van der Waals surface area contributed by atoms with E-state index in [-0.39, 0.29) is 12.1 Å². The van der Waals surface area contributed by atoms with Crippen LogP contribution in [0.25, 0.3) is 0 Å². The van der Waals surface area contributed by atoms with Crippen LogP contribution in [0.5, 0.6) is 0 Å². The lowest BCUT2D eigenvalue weighted by molar-refractivity contribution is 0.432. The van der Waals surface area contributed by atoms with Gasteiger partial charge in [0.05, 0.1) is 18.0 Å². The van der Waals surface area contributed by atoms with Gasteiger partial charge in [-0.3, -0.25) is 4.98 Å². The van der Waals surface area contributed by atoms with Gasteiger partial charge in [0.25, 0.3) is 0 Å². The first-order chi connectivity index (χ1) is 12.6. The molecule has 3 aromatic rings. The number of pyridine rings is 1. The van der Waals surface area contributed by atoms with Crippen LogP contribution in [0, 0.1) is 0 Å². The highest BCUT2D eigenvalue weighted by Crippen LogP contribution is 2.41. The Hall–Kier alpha value is -2.66. The second-order valence-electron chi connectivity index (χ2n) is 6.76. The maximum Gasteiger partial charge on any atom is 0.174 e. The molecule has 1 aliphatic heterocycles. The Morgan fingerprint density at radius 3 is 2.50 bits per heavy atom. The van der Waals surface area contributed by atoms with Gasteiger partial charge in [-0.25, -0.2) is 0 Å². The topological polar surface area (TPSA) is 41.3 Å². The summed E-state index contributed by atoms with van der Waals surface area (Å²) in [4.78, 5) is 6.65. The highest BCUT2D eigenvalue weighted by molar-refractivity contribution is 7.80. The van der Waals surface area contributed by atoms with Gasteiger partial charge in [-0.05, 0) is 60.1 Å². The first-order valence-electron chi connectivity index (χ1n) is 8.79. The lowest BCUT2D eigenvalue weighted by atomic mass is 10.0. The van der Waals surface area contributed by atoms with Crippen LogP contribution in [0.1, 0.15) is 48.9 Å². The first-order valence-corrected chi connectivity index (χ1v) is 9.20. The van der Waals surface area contributed by atoms with Gasteiger partial charge in [0, 0.05) is 11.9 Å². The van der Waals surface area contributed by atoms with Crippen molar-refractivity contribution in [1.82, 2.24) is 10.3 Å². The number of anilines is 1. The van der Waals surface area contributed by atoms with Crippen molar-refractivity contribution in [2.45, 2.75) is 31.8 Å². The SMILES string of the molecule is CC(C)c1ccc(N2C(=S)NC(c3ccccn3)C2c2ccco2)cc1. The number of benzene rings is 1. The molecular formula is C21H21N3OS.